The number of carboxylic acids is 1. The summed E-state index contributed by atoms with van der Waals surface area (Å²) in [5, 5.41) is 14.0. The highest BCUT2D eigenvalue weighted by molar-refractivity contribution is 6.05. The average molecular weight is 356 g/mol. The molecule has 0 aromatic heterocycles. The van der Waals surface area contributed by atoms with Crippen LogP contribution < -0.4 is 15.4 Å². The van der Waals surface area contributed by atoms with E-state index in [1.165, 1.54) is 0 Å². The largest absolute Gasteiger partial charge is 0.497 e. The van der Waals surface area contributed by atoms with Crippen molar-refractivity contribution in [3.8, 4) is 5.75 Å². The number of rotatable bonds is 8. The molecule has 2 aromatic rings. The van der Waals surface area contributed by atoms with Crippen LogP contribution in [0.5, 0.6) is 5.75 Å². The molecular weight excluding hydrogens is 336 g/mol. The lowest BCUT2D eigenvalue weighted by atomic mass is 10.1. The second-order valence-corrected chi connectivity index (χ2v) is 5.56. The normalized spacial score (nSPS) is 10.0. The molecule has 0 atom stereocenters. The van der Waals surface area contributed by atoms with E-state index in [1.807, 2.05) is 0 Å². The van der Waals surface area contributed by atoms with Crippen molar-refractivity contribution in [2.45, 2.75) is 19.3 Å². The van der Waals surface area contributed by atoms with E-state index >= 15 is 0 Å². The Bertz CT molecular complexity index is 804. The number of carboxylic acid groups (broad SMARTS) is 1. The minimum Gasteiger partial charge on any atom is -0.497 e. The molecule has 0 unspecified atom stereocenters. The lowest BCUT2D eigenvalue weighted by Gasteiger charge is -2.09. The highest BCUT2D eigenvalue weighted by Crippen LogP contribution is 2.18. The first-order chi connectivity index (χ1) is 12.5. The van der Waals surface area contributed by atoms with Crippen LogP contribution >= 0.6 is 0 Å². The van der Waals surface area contributed by atoms with Crippen LogP contribution in [-0.2, 0) is 9.59 Å². The summed E-state index contributed by atoms with van der Waals surface area (Å²) >= 11 is 0. The Morgan fingerprint density at radius 1 is 0.962 bits per heavy atom. The number of hydrogen-bond donors (Lipinski definition) is 3. The Kier molecular flexibility index (Phi) is 6.73. The lowest BCUT2D eigenvalue weighted by Crippen LogP contribution is -2.14. The number of carbonyl (C=O) groups is 3. The van der Waals surface area contributed by atoms with Gasteiger partial charge in [0.05, 0.1) is 7.11 Å². The van der Waals surface area contributed by atoms with E-state index in [0.29, 0.717) is 22.7 Å². The monoisotopic (exact) mass is 356 g/mol. The maximum absolute atomic E-state index is 12.4. The summed E-state index contributed by atoms with van der Waals surface area (Å²) in [5.74, 6) is -0.920. The van der Waals surface area contributed by atoms with E-state index in [0.717, 1.165) is 0 Å². The number of aliphatic carboxylic acids is 1. The molecule has 0 aliphatic heterocycles. The van der Waals surface area contributed by atoms with E-state index < -0.39 is 5.97 Å². The number of hydrogen-bond acceptors (Lipinski definition) is 4. The Balaban J connectivity index is 1.97. The van der Waals surface area contributed by atoms with Crippen LogP contribution in [0, 0.1) is 0 Å². The number of amides is 2. The van der Waals surface area contributed by atoms with Crippen LogP contribution in [0.15, 0.2) is 48.5 Å². The van der Waals surface area contributed by atoms with Crippen LogP contribution in [0.3, 0.4) is 0 Å². The van der Waals surface area contributed by atoms with Crippen molar-refractivity contribution in [1.82, 2.24) is 0 Å². The van der Waals surface area contributed by atoms with Gasteiger partial charge in [0.15, 0.2) is 0 Å². The highest BCUT2D eigenvalue weighted by atomic mass is 16.5. The van der Waals surface area contributed by atoms with Gasteiger partial charge < -0.3 is 20.5 Å². The average Bonchev–Trinajstić information content (AvgIpc) is 2.61. The molecule has 26 heavy (non-hydrogen) atoms. The van der Waals surface area contributed by atoms with E-state index in [4.69, 9.17) is 9.84 Å². The first-order valence-corrected chi connectivity index (χ1v) is 8.05. The third kappa shape index (κ3) is 5.94. The third-order valence-corrected chi connectivity index (χ3v) is 3.53. The molecule has 0 aliphatic carbocycles. The van der Waals surface area contributed by atoms with Gasteiger partial charge >= 0.3 is 5.97 Å². The van der Waals surface area contributed by atoms with Crippen molar-refractivity contribution < 1.29 is 24.2 Å². The zero-order chi connectivity index (χ0) is 18.9. The minimum absolute atomic E-state index is 0.0591. The molecule has 0 aliphatic rings. The van der Waals surface area contributed by atoms with Gasteiger partial charge in [-0.1, -0.05) is 12.1 Å². The second-order valence-electron chi connectivity index (χ2n) is 5.56. The summed E-state index contributed by atoms with van der Waals surface area (Å²) in [5.41, 5.74) is 1.46. The van der Waals surface area contributed by atoms with Gasteiger partial charge in [0.1, 0.15) is 5.75 Å². The van der Waals surface area contributed by atoms with Gasteiger partial charge in [-0.3, -0.25) is 14.4 Å². The second kappa shape index (κ2) is 9.22. The summed E-state index contributed by atoms with van der Waals surface area (Å²) in [6, 6.07) is 13.5. The zero-order valence-corrected chi connectivity index (χ0v) is 14.3. The number of benzene rings is 2. The highest BCUT2D eigenvalue weighted by Gasteiger charge is 2.09. The summed E-state index contributed by atoms with van der Waals surface area (Å²) in [4.78, 5) is 34.7. The fourth-order valence-corrected chi connectivity index (χ4v) is 2.27. The molecule has 0 heterocycles. The third-order valence-electron chi connectivity index (χ3n) is 3.53. The molecule has 0 radical (unpaired) electrons. The van der Waals surface area contributed by atoms with Crippen molar-refractivity contribution in [2.24, 2.45) is 0 Å². The van der Waals surface area contributed by atoms with E-state index in [-0.39, 0.29) is 31.1 Å². The maximum Gasteiger partial charge on any atom is 0.303 e. The van der Waals surface area contributed by atoms with Gasteiger partial charge in [-0.05, 0) is 36.8 Å². The fraction of sp³-hybridized carbons (Fsp3) is 0.211. The smallest absolute Gasteiger partial charge is 0.303 e. The van der Waals surface area contributed by atoms with Crippen LogP contribution in [0.25, 0.3) is 0 Å². The molecule has 7 nitrogen and oxygen atoms in total. The zero-order valence-electron chi connectivity index (χ0n) is 14.3. The maximum atomic E-state index is 12.4. The van der Waals surface area contributed by atoms with E-state index in [1.54, 1.807) is 55.6 Å². The van der Waals surface area contributed by atoms with Crippen LogP contribution in [0.1, 0.15) is 29.6 Å². The van der Waals surface area contributed by atoms with Crippen molar-refractivity contribution in [3.63, 3.8) is 0 Å². The Labute approximate surface area is 151 Å². The van der Waals surface area contributed by atoms with E-state index in [2.05, 4.69) is 10.6 Å². The van der Waals surface area contributed by atoms with Crippen LogP contribution in [0.2, 0.25) is 0 Å². The summed E-state index contributed by atoms with van der Waals surface area (Å²) in [6.45, 7) is 0. The standard InChI is InChI=1S/C19H20N2O5/c1-26-16-8-3-7-15(12-16)21-19(25)13-5-2-6-14(11-13)20-17(22)9-4-10-18(23)24/h2-3,5-8,11-12H,4,9-10H2,1H3,(H,20,22)(H,21,25)(H,23,24). The summed E-state index contributed by atoms with van der Waals surface area (Å²) in [6.07, 6.45) is 0.306. The van der Waals surface area contributed by atoms with Gasteiger partial charge in [-0.25, -0.2) is 0 Å². The first kappa shape index (κ1) is 19.0. The quantitative estimate of drug-likeness (QED) is 0.674. The molecular formula is C19H20N2O5. The van der Waals surface area contributed by atoms with Crippen molar-refractivity contribution >= 4 is 29.2 Å². The van der Waals surface area contributed by atoms with Crippen LogP contribution in [0.4, 0.5) is 11.4 Å². The number of ether oxygens (including phenoxy) is 1. The van der Waals surface area contributed by atoms with E-state index in [9.17, 15) is 14.4 Å². The molecule has 2 rings (SSSR count). The number of methoxy groups -OCH3 is 1. The first-order valence-electron chi connectivity index (χ1n) is 8.05. The molecule has 0 saturated carbocycles. The van der Waals surface area contributed by atoms with Crippen molar-refractivity contribution in [3.05, 3.63) is 54.1 Å². The Morgan fingerprint density at radius 2 is 1.65 bits per heavy atom. The van der Waals surface area contributed by atoms with Gasteiger partial charge in [-0.15, -0.1) is 0 Å². The molecule has 0 fully saturated rings. The molecule has 0 saturated heterocycles. The van der Waals surface area contributed by atoms with Gasteiger partial charge in [0.25, 0.3) is 5.91 Å². The molecule has 0 spiro atoms. The topological polar surface area (TPSA) is 105 Å². The Morgan fingerprint density at radius 3 is 2.35 bits per heavy atom. The van der Waals surface area contributed by atoms with Crippen molar-refractivity contribution in [1.29, 1.82) is 0 Å². The molecule has 136 valence electrons. The number of carbonyl (C=O) groups excluding carboxylic acids is 2. The molecule has 7 heteroatoms. The van der Waals surface area contributed by atoms with Crippen molar-refractivity contribution in [2.75, 3.05) is 17.7 Å². The van der Waals surface area contributed by atoms with Crippen LogP contribution in [-0.4, -0.2) is 30.0 Å². The number of nitrogens with one attached hydrogen (secondary N) is 2. The SMILES string of the molecule is COc1cccc(NC(=O)c2cccc(NC(=O)CCCC(=O)O)c2)c1. The van der Waals surface area contributed by atoms with Gasteiger partial charge in [-0.2, -0.15) is 0 Å². The predicted octanol–water partition coefficient (Wildman–Crippen LogP) is 3.14. The van der Waals surface area contributed by atoms with Gasteiger partial charge in [0, 0.05) is 35.8 Å². The van der Waals surface area contributed by atoms with Gasteiger partial charge in [0.2, 0.25) is 5.91 Å². The minimum atomic E-state index is -0.936. The summed E-state index contributed by atoms with van der Waals surface area (Å²) < 4.78 is 5.12. The molecule has 2 amide bonds. The molecule has 0 bridgehead atoms. The lowest BCUT2D eigenvalue weighted by molar-refractivity contribution is -0.137. The molecule has 2 aromatic carbocycles. The Hall–Kier alpha value is -3.35. The molecule has 3 N–H and O–H groups in total. The number of anilines is 2. The predicted molar refractivity (Wildman–Crippen MR) is 97.5 cm³/mol. The fourth-order valence-electron chi connectivity index (χ4n) is 2.27. The summed E-state index contributed by atoms with van der Waals surface area (Å²) in [7, 11) is 1.55.